The number of pyridine rings is 1. The normalized spacial score (nSPS) is 15.6. The molecular formula is C24H23ClF2N4O2. The first kappa shape index (κ1) is 22.9. The molecule has 0 bridgehead atoms. The number of hydrogen-bond donors (Lipinski definition) is 2. The number of nitrogen functional groups attached to an aromatic ring is 1. The van der Waals surface area contributed by atoms with Crippen LogP contribution in [-0.4, -0.2) is 41.5 Å². The van der Waals surface area contributed by atoms with Crippen molar-refractivity contribution < 1.29 is 18.3 Å². The fraction of sp³-hybridized carbons (Fsp3) is 0.250. The van der Waals surface area contributed by atoms with E-state index >= 15 is 0 Å². The monoisotopic (exact) mass is 472 g/mol. The van der Waals surface area contributed by atoms with Crippen LogP contribution >= 0.6 is 11.6 Å². The summed E-state index contributed by atoms with van der Waals surface area (Å²) >= 11 is 5.87. The zero-order valence-electron chi connectivity index (χ0n) is 17.7. The molecule has 33 heavy (non-hydrogen) atoms. The van der Waals surface area contributed by atoms with Gasteiger partial charge in [-0.15, -0.1) is 0 Å². The summed E-state index contributed by atoms with van der Waals surface area (Å²) in [5.41, 5.74) is 13.9. The zero-order chi connectivity index (χ0) is 23.5. The molecule has 1 amide bonds. The van der Waals surface area contributed by atoms with Crippen LogP contribution in [0.1, 0.15) is 22.3 Å². The predicted octanol–water partition coefficient (Wildman–Crippen LogP) is 4.06. The fourth-order valence-electron chi connectivity index (χ4n) is 3.78. The van der Waals surface area contributed by atoms with Crippen molar-refractivity contribution >= 4 is 23.3 Å². The Labute approximate surface area is 195 Å². The molecule has 6 nitrogen and oxygen atoms in total. The van der Waals surface area contributed by atoms with E-state index in [1.165, 1.54) is 0 Å². The number of halogens is 3. The minimum absolute atomic E-state index is 0.00822. The van der Waals surface area contributed by atoms with Crippen LogP contribution in [0.5, 0.6) is 5.75 Å². The van der Waals surface area contributed by atoms with Crippen molar-refractivity contribution in [1.29, 1.82) is 0 Å². The summed E-state index contributed by atoms with van der Waals surface area (Å²) in [6.45, 7) is 1.20. The van der Waals surface area contributed by atoms with E-state index in [4.69, 9.17) is 27.8 Å². The number of carbonyl (C=O) groups is 1. The largest absolute Gasteiger partial charge is 0.489 e. The van der Waals surface area contributed by atoms with E-state index in [0.29, 0.717) is 30.0 Å². The number of benzene rings is 2. The molecule has 1 unspecified atom stereocenters. The molecule has 0 radical (unpaired) electrons. The summed E-state index contributed by atoms with van der Waals surface area (Å²) in [5, 5.41) is -0.265. The van der Waals surface area contributed by atoms with Gasteiger partial charge < -0.3 is 21.1 Å². The highest BCUT2D eigenvalue weighted by molar-refractivity contribution is 6.31. The summed E-state index contributed by atoms with van der Waals surface area (Å²) < 4.78 is 33.3. The lowest BCUT2D eigenvalue weighted by atomic mass is 10.0. The number of rotatable bonds is 6. The van der Waals surface area contributed by atoms with E-state index in [1.807, 2.05) is 6.07 Å². The van der Waals surface area contributed by atoms with Gasteiger partial charge >= 0.3 is 0 Å². The van der Waals surface area contributed by atoms with Crippen molar-refractivity contribution in [3.63, 3.8) is 0 Å². The maximum Gasteiger partial charge on any atom is 0.253 e. The zero-order valence-corrected chi connectivity index (χ0v) is 18.5. The Balaban J connectivity index is 1.50. The van der Waals surface area contributed by atoms with Crippen LogP contribution in [0.2, 0.25) is 5.02 Å². The number of nitrogens with zero attached hydrogens (tertiary/aromatic N) is 2. The molecule has 1 aromatic heterocycles. The maximum absolute atomic E-state index is 14.0. The Morgan fingerprint density at radius 3 is 2.73 bits per heavy atom. The number of likely N-dealkylation sites (tertiary alicyclic amines) is 1. The number of amides is 1. The molecule has 0 aliphatic carbocycles. The van der Waals surface area contributed by atoms with Crippen molar-refractivity contribution in [3.8, 4) is 16.9 Å². The smallest absolute Gasteiger partial charge is 0.253 e. The Morgan fingerprint density at radius 2 is 1.97 bits per heavy atom. The molecule has 1 atom stereocenters. The standard InChI is InChI=1S/C24H23ClF2N4O2/c25-22-18(19(26)4-5-20(22)27)7-9-33-21-11-16(12-30-23(21)29)14-2-1-3-15(10-14)24(32)31-8-6-17(28)13-31/h1-5,10-12,17H,6-9,13,28H2,(H2,29,30). The van der Waals surface area contributed by atoms with Crippen molar-refractivity contribution in [2.24, 2.45) is 5.73 Å². The summed E-state index contributed by atoms with van der Waals surface area (Å²) in [5.74, 6) is -0.920. The third kappa shape index (κ3) is 5.07. The molecule has 4 N–H and O–H groups in total. The SMILES string of the molecule is Nc1ncc(-c2cccc(C(=O)N3CCC(N)C3)c2)cc1OCCc1c(F)ccc(F)c1Cl. The Hall–Kier alpha value is -3.23. The van der Waals surface area contributed by atoms with Crippen molar-refractivity contribution in [2.75, 3.05) is 25.4 Å². The second-order valence-corrected chi connectivity index (χ2v) is 8.29. The number of anilines is 1. The van der Waals surface area contributed by atoms with Gasteiger partial charge in [-0.25, -0.2) is 13.8 Å². The number of nitrogens with two attached hydrogens (primary N) is 2. The molecule has 172 valence electrons. The lowest BCUT2D eigenvalue weighted by Crippen LogP contribution is -2.31. The summed E-state index contributed by atoms with van der Waals surface area (Å²) in [6, 6.07) is 10.9. The molecule has 1 aliphatic rings. The van der Waals surface area contributed by atoms with Crippen LogP contribution in [0.4, 0.5) is 14.6 Å². The minimum atomic E-state index is -0.693. The Morgan fingerprint density at radius 1 is 1.18 bits per heavy atom. The molecule has 1 fully saturated rings. The van der Waals surface area contributed by atoms with E-state index in [1.54, 1.807) is 35.4 Å². The minimum Gasteiger partial charge on any atom is -0.489 e. The maximum atomic E-state index is 14.0. The van der Waals surface area contributed by atoms with E-state index in [0.717, 1.165) is 24.1 Å². The molecule has 1 aliphatic heterocycles. The van der Waals surface area contributed by atoms with Gasteiger partial charge in [0.15, 0.2) is 11.6 Å². The number of aromatic nitrogens is 1. The number of carbonyl (C=O) groups excluding carboxylic acids is 1. The van der Waals surface area contributed by atoms with Gasteiger partial charge in [0.25, 0.3) is 5.91 Å². The second kappa shape index (κ2) is 9.72. The molecule has 0 spiro atoms. The van der Waals surface area contributed by atoms with Gasteiger partial charge in [0.2, 0.25) is 0 Å². The van der Waals surface area contributed by atoms with E-state index in [9.17, 15) is 13.6 Å². The van der Waals surface area contributed by atoms with Crippen LogP contribution in [0.25, 0.3) is 11.1 Å². The van der Waals surface area contributed by atoms with Gasteiger partial charge in [-0.2, -0.15) is 0 Å². The van der Waals surface area contributed by atoms with E-state index in [2.05, 4.69) is 4.98 Å². The lowest BCUT2D eigenvalue weighted by Gasteiger charge is -2.16. The first-order chi connectivity index (χ1) is 15.8. The third-order valence-corrected chi connectivity index (χ3v) is 5.99. The van der Waals surface area contributed by atoms with Gasteiger partial charge in [-0.1, -0.05) is 23.7 Å². The third-order valence-electron chi connectivity index (χ3n) is 5.59. The van der Waals surface area contributed by atoms with Gasteiger partial charge in [-0.3, -0.25) is 4.79 Å². The van der Waals surface area contributed by atoms with E-state index < -0.39 is 11.6 Å². The van der Waals surface area contributed by atoms with Crippen LogP contribution in [-0.2, 0) is 6.42 Å². The molecule has 4 rings (SSSR count). The first-order valence-corrected chi connectivity index (χ1v) is 10.9. The van der Waals surface area contributed by atoms with Gasteiger partial charge in [0.05, 0.1) is 11.6 Å². The van der Waals surface area contributed by atoms with Crippen molar-refractivity contribution in [2.45, 2.75) is 18.9 Å². The molecule has 2 aromatic carbocycles. The quantitative estimate of drug-likeness (QED) is 0.528. The highest BCUT2D eigenvalue weighted by Gasteiger charge is 2.24. The first-order valence-electron chi connectivity index (χ1n) is 10.5. The molecule has 3 aromatic rings. The highest BCUT2D eigenvalue weighted by Crippen LogP contribution is 2.29. The molecule has 9 heteroatoms. The molecule has 1 saturated heterocycles. The molecule has 2 heterocycles. The highest BCUT2D eigenvalue weighted by atomic mass is 35.5. The van der Waals surface area contributed by atoms with Crippen molar-refractivity contribution in [1.82, 2.24) is 9.88 Å². The Kier molecular flexibility index (Phi) is 6.76. The fourth-order valence-corrected chi connectivity index (χ4v) is 4.02. The average Bonchev–Trinajstić information content (AvgIpc) is 3.25. The van der Waals surface area contributed by atoms with Crippen LogP contribution < -0.4 is 16.2 Å². The summed E-state index contributed by atoms with van der Waals surface area (Å²) in [7, 11) is 0. The topological polar surface area (TPSA) is 94.5 Å². The van der Waals surface area contributed by atoms with Gasteiger partial charge in [-0.05, 0) is 42.3 Å². The van der Waals surface area contributed by atoms with Gasteiger partial charge in [0.1, 0.15) is 11.6 Å². The molecule has 0 saturated carbocycles. The Bertz CT molecular complexity index is 1190. The van der Waals surface area contributed by atoms with Crippen LogP contribution in [0.3, 0.4) is 0 Å². The van der Waals surface area contributed by atoms with Crippen molar-refractivity contribution in [3.05, 3.63) is 76.4 Å². The van der Waals surface area contributed by atoms with Gasteiger partial charge in [0, 0.05) is 48.4 Å². The van der Waals surface area contributed by atoms with E-state index in [-0.39, 0.29) is 41.4 Å². The van der Waals surface area contributed by atoms with Crippen LogP contribution in [0.15, 0.2) is 48.7 Å². The predicted molar refractivity (Wildman–Crippen MR) is 123 cm³/mol. The lowest BCUT2D eigenvalue weighted by molar-refractivity contribution is 0.0791. The van der Waals surface area contributed by atoms with Crippen LogP contribution in [0, 0.1) is 11.6 Å². The second-order valence-electron chi connectivity index (χ2n) is 7.91. The summed E-state index contributed by atoms with van der Waals surface area (Å²) in [4.78, 5) is 18.7. The average molecular weight is 473 g/mol. The molecular weight excluding hydrogens is 450 g/mol. The number of ether oxygens (including phenoxy) is 1. The number of hydrogen-bond acceptors (Lipinski definition) is 5. The summed E-state index contributed by atoms with van der Waals surface area (Å²) in [6.07, 6.45) is 2.42.